The Kier molecular flexibility index (Phi) is 7.18. The van der Waals surface area contributed by atoms with E-state index in [9.17, 15) is 9.59 Å². The zero-order chi connectivity index (χ0) is 18.8. The van der Waals surface area contributed by atoms with Gasteiger partial charge in [-0.25, -0.2) is 9.59 Å². The Bertz CT molecular complexity index is 773. The van der Waals surface area contributed by atoms with Gasteiger partial charge in [0.2, 0.25) is 0 Å². The van der Waals surface area contributed by atoms with Crippen LogP contribution in [-0.4, -0.2) is 25.7 Å². The van der Waals surface area contributed by atoms with E-state index in [2.05, 4.69) is 11.3 Å². The summed E-state index contributed by atoms with van der Waals surface area (Å²) in [7, 11) is 1.31. The van der Waals surface area contributed by atoms with Gasteiger partial charge < -0.3 is 14.2 Å². The highest BCUT2D eigenvalue weighted by molar-refractivity contribution is 5.91. The monoisotopic (exact) mass is 352 g/mol. The molecule has 2 aromatic carbocycles. The lowest BCUT2D eigenvalue weighted by molar-refractivity contribution is -0.134. The molecule has 0 spiro atoms. The molecular weight excluding hydrogens is 332 g/mol. The van der Waals surface area contributed by atoms with Crippen LogP contribution in [0.4, 0.5) is 0 Å². The van der Waals surface area contributed by atoms with Crippen LogP contribution in [-0.2, 0) is 9.53 Å². The summed E-state index contributed by atoms with van der Waals surface area (Å²) in [5, 5.41) is 0. The fourth-order valence-electron chi connectivity index (χ4n) is 1.99. The van der Waals surface area contributed by atoms with Gasteiger partial charge in [-0.15, -0.1) is 6.58 Å². The van der Waals surface area contributed by atoms with Gasteiger partial charge in [0.15, 0.2) is 0 Å². The van der Waals surface area contributed by atoms with Gasteiger partial charge in [-0.05, 0) is 54.5 Å². The number of carbonyl (C=O) groups is 2. The van der Waals surface area contributed by atoms with Crippen LogP contribution in [0.5, 0.6) is 11.5 Å². The van der Waals surface area contributed by atoms with Gasteiger partial charge in [-0.1, -0.05) is 18.2 Å². The summed E-state index contributed by atoms with van der Waals surface area (Å²) in [6.07, 6.45) is 5.47. The molecule has 0 aliphatic heterocycles. The quantitative estimate of drug-likeness (QED) is 0.236. The van der Waals surface area contributed by atoms with Crippen LogP contribution in [0.1, 0.15) is 22.3 Å². The molecule has 0 saturated carbocycles. The third kappa shape index (κ3) is 5.94. The molecule has 0 aliphatic rings. The summed E-state index contributed by atoms with van der Waals surface area (Å²) in [5.74, 6) is 0.208. The molecule has 0 fully saturated rings. The molecule has 0 unspecified atom stereocenters. The molecule has 0 bridgehead atoms. The molecule has 2 rings (SSSR count). The van der Waals surface area contributed by atoms with Gasteiger partial charge in [-0.3, -0.25) is 0 Å². The molecule has 0 heterocycles. The number of methoxy groups -OCH3 is 1. The van der Waals surface area contributed by atoms with Crippen LogP contribution < -0.4 is 9.47 Å². The number of rotatable bonds is 8. The maximum absolute atomic E-state index is 12.2. The van der Waals surface area contributed by atoms with Gasteiger partial charge in [0, 0.05) is 6.08 Å². The number of hydrogen-bond acceptors (Lipinski definition) is 5. The third-order valence-electron chi connectivity index (χ3n) is 3.38. The second-order valence-electron chi connectivity index (χ2n) is 5.27. The molecule has 0 radical (unpaired) electrons. The van der Waals surface area contributed by atoms with E-state index >= 15 is 0 Å². The van der Waals surface area contributed by atoms with E-state index in [0.29, 0.717) is 23.7 Å². The predicted molar refractivity (Wildman–Crippen MR) is 99.2 cm³/mol. The van der Waals surface area contributed by atoms with Crippen molar-refractivity contribution < 1.29 is 23.8 Å². The molecule has 0 amide bonds. The van der Waals surface area contributed by atoms with Crippen molar-refractivity contribution in [2.75, 3.05) is 13.7 Å². The zero-order valence-electron chi connectivity index (χ0n) is 14.5. The lowest BCUT2D eigenvalue weighted by atomic mass is 10.2. The first kappa shape index (κ1) is 19.0. The largest absolute Gasteiger partial charge is 0.493 e. The Labute approximate surface area is 152 Å². The van der Waals surface area contributed by atoms with Crippen molar-refractivity contribution in [1.29, 1.82) is 0 Å². The van der Waals surface area contributed by atoms with E-state index in [0.717, 1.165) is 12.0 Å². The smallest absolute Gasteiger partial charge is 0.343 e. The maximum atomic E-state index is 12.2. The number of benzene rings is 2. The molecule has 134 valence electrons. The van der Waals surface area contributed by atoms with Crippen molar-refractivity contribution in [2.24, 2.45) is 0 Å². The fraction of sp³-hybridized carbons (Fsp3) is 0.143. The van der Waals surface area contributed by atoms with Gasteiger partial charge in [0.1, 0.15) is 11.5 Å². The van der Waals surface area contributed by atoms with Crippen LogP contribution >= 0.6 is 0 Å². The van der Waals surface area contributed by atoms with Crippen LogP contribution in [0.15, 0.2) is 67.3 Å². The van der Waals surface area contributed by atoms with Gasteiger partial charge >= 0.3 is 11.9 Å². The number of esters is 2. The molecular formula is C21H20O5. The van der Waals surface area contributed by atoms with Crippen LogP contribution in [0.25, 0.3) is 6.08 Å². The zero-order valence-corrected chi connectivity index (χ0v) is 14.5. The molecule has 5 heteroatoms. The number of hydrogen-bond donors (Lipinski definition) is 0. The SMILES string of the molecule is C=CCCOc1ccc(C(=O)Oc2ccc(/C=C/C(=O)OC)cc2)cc1. The lowest BCUT2D eigenvalue weighted by Crippen LogP contribution is -2.08. The van der Waals surface area contributed by atoms with E-state index in [1.54, 1.807) is 60.7 Å². The van der Waals surface area contributed by atoms with Gasteiger partial charge in [-0.2, -0.15) is 0 Å². The second kappa shape index (κ2) is 9.84. The topological polar surface area (TPSA) is 61.8 Å². The van der Waals surface area contributed by atoms with E-state index in [1.807, 2.05) is 0 Å². The summed E-state index contributed by atoms with van der Waals surface area (Å²) < 4.78 is 15.4. The molecule has 5 nitrogen and oxygen atoms in total. The Morgan fingerprint density at radius 1 is 1.00 bits per heavy atom. The van der Waals surface area contributed by atoms with Crippen molar-refractivity contribution in [2.45, 2.75) is 6.42 Å². The van der Waals surface area contributed by atoms with Crippen LogP contribution in [0.2, 0.25) is 0 Å². The normalized spacial score (nSPS) is 10.3. The average Bonchev–Trinajstić information content (AvgIpc) is 2.68. The summed E-state index contributed by atoms with van der Waals surface area (Å²) in [4.78, 5) is 23.2. The van der Waals surface area contributed by atoms with E-state index in [1.165, 1.54) is 13.2 Å². The minimum Gasteiger partial charge on any atom is -0.493 e. The molecule has 0 atom stereocenters. The van der Waals surface area contributed by atoms with Crippen LogP contribution in [0.3, 0.4) is 0 Å². The van der Waals surface area contributed by atoms with E-state index in [4.69, 9.17) is 9.47 Å². The first-order valence-electron chi connectivity index (χ1n) is 8.04. The molecule has 0 saturated heterocycles. The molecule has 0 N–H and O–H groups in total. The van der Waals surface area contributed by atoms with Crippen molar-refractivity contribution in [3.63, 3.8) is 0 Å². The fourth-order valence-corrected chi connectivity index (χ4v) is 1.99. The minimum absolute atomic E-state index is 0.413. The number of carbonyl (C=O) groups excluding carboxylic acids is 2. The summed E-state index contributed by atoms with van der Waals surface area (Å²) in [6, 6.07) is 13.5. The van der Waals surface area contributed by atoms with Crippen molar-refractivity contribution in [1.82, 2.24) is 0 Å². The summed E-state index contributed by atoms with van der Waals surface area (Å²) in [6.45, 7) is 4.18. The number of ether oxygens (including phenoxy) is 3. The maximum Gasteiger partial charge on any atom is 0.343 e. The Morgan fingerprint density at radius 2 is 1.65 bits per heavy atom. The highest BCUT2D eigenvalue weighted by Crippen LogP contribution is 2.17. The molecule has 2 aromatic rings. The van der Waals surface area contributed by atoms with Crippen molar-refractivity contribution in [3.05, 3.63) is 78.4 Å². The minimum atomic E-state index is -0.458. The van der Waals surface area contributed by atoms with Gasteiger partial charge in [0.05, 0.1) is 19.3 Å². The predicted octanol–water partition coefficient (Wildman–Crippen LogP) is 4.05. The first-order valence-corrected chi connectivity index (χ1v) is 8.04. The Balaban J connectivity index is 1.93. The second-order valence-corrected chi connectivity index (χ2v) is 5.27. The lowest BCUT2D eigenvalue weighted by Gasteiger charge is -2.07. The average molecular weight is 352 g/mol. The van der Waals surface area contributed by atoms with Gasteiger partial charge in [0.25, 0.3) is 0 Å². The van der Waals surface area contributed by atoms with E-state index < -0.39 is 11.9 Å². The third-order valence-corrected chi connectivity index (χ3v) is 3.38. The van der Waals surface area contributed by atoms with Crippen molar-refractivity contribution >= 4 is 18.0 Å². The van der Waals surface area contributed by atoms with Crippen LogP contribution in [0, 0.1) is 0 Å². The highest BCUT2D eigenvalue weighted by Gasteiger charge is 2.08. The standard InChI is InChI=1S/C21H20O5/c1-3-4-15-25-18-12-8-17(9-13-18)21(23)26-19-10-5-16(6-11-19)7-14-20(22)24-2/h3,5-14H,1,4,15H2,2H3/b14-7+. The molecule has 0 aromatic heterocycles. The molecule has 26 heavy (non-hydrogen) atoms. The summed E-state index contributed by atoms with van der Waals surface area (Å²) in [5.41, 5.74) is 1.21. The Hall–Kier alpha value is -3.34. The van der Waals surface area contributed by atoms with Crippen molar-refractivity contribution in [3.8, 4) is 11.5 Å². The first-order chi connectivity index (χ1) is 12.6. The summed E-state index contributed by atoms with van der Waals surface area (Å²) >= 11 is 0. The van der Waals surface area contributed by atoms with E-state index in [-0.39, 0.29) is 0 Å². The highest BCUT2D eigenvalue weighted by atomic mass is 16.5. The Morgan fingerprint density at radius 3 is 2.27 bits per heavy atom. The molecule has 0 aliphatic carbocycles.